The van der Waals surface area contributed by atoms with Crippen LogP contribution in [0.5, 0.6) is 0 Å². The topological polar surface area (TPSA) is 54.5 Å². The number of alkyl halides is 3. The van der Waals surface area contributed by atoms with Crippen molar-refractivity contribution < 1.29 is 13.2 Å². The highest BCUT2D eigenvalue weighted by Gasteiger charge is 2.30. The van der Waals surface area contributed by atoms with Gasteiger partial charge < -0.3 is 0 Å². The number of halogens is 5. The number of H-pyrrole nitrogens is 1. The molecule has 118 valence electrons. The van der Waals surface area contributed by atoms with Crippen LogP contribution in [0.4, 0.5) is 13.2 Å². The summed E-state index contributed by atoms with van der Waals surface area (Å²) >= 11 is 12.0. The number of benzene rings is 1. The molecule has 0 aliphatic carbocycles. The molecule has 0 unspecified atom stereocenters. The quantitative estimate of drug-likeness (QED) is 0.711. The maximum atomic E-state index is 12.8. The third-order valence-corrected chi connectivity index (χ3v) is 3.60. The summed E-state index contributed by atoms with van der Waals surface area (Å²) in [5.41, 5.74) is -0.168. The summed E-state index contributed by atoms with van der Waals surface area (Å²) in [6.07, 6.45) is -1.67. The Bertz CT molecular complexity index is 841. The molecule has 0 aliphatic rings. The van der Waals surface area contributed by atoms with Crippen molar-refractivity contribution in [2.24, 2.45) is 0 Å². The Hall–Kier alpha value is -2.12. The normalized spacial score (nSPS) is 11.7. The number of hydrogen-bond donors (Lipinski definition) is 1. The van der Waals surface area contributed by atoms with Crippen molar-refractivity contribution >= 4 is 23.2 Å². The van der Waals surface area contributed by atoms with Crippen LogP contribution in [0.1, 0.15) is 5.56 Å². The fraction of sp³-hybridized carbons (Fsp3) is 0.0714. The lowest BCUT2D eigenvalue weighted by Gasteiger charge is -2.06. The smallest absolute Gasteiger partial charge is 0.262 e. The van der Waals surface area contributed by atoms with E-state index in [2.05, 4.69) is 20.2 Å². The molecule has 0 bridgehead atoms. The zero-order valence-corrected chi connectivity index (χ0v) is 12.7. The van der Waals surface area contributed by atoms with Gasteiger partial charge in [-0.2, -0.15) is 18.3 Å². The summed E-state index contributed by atoms with van der Waals surface area (Å²) in [5, 5.41) is 7.06. The van der Waals surface area contributed by atoms with Crippen LogP contribution in [-0.4, -0.2) is 20.2 Å². The Balaban J connectivity index is 2.03. The van der Waals surface area contributed by atoms with Gasteiger partial charge in [-0.1, -0.05) is 35.3 Å². The molecule has 0 spiro atoms. The van der Waals surface area contributed by atoms with E-state index in [4.69, 9.17) is 23.2 Å². The number of pyridine rings is 1. The molecule has 2 aromatic heterocycles. The average molecular weight is 359 g/mol. The van der Waals surface area contributed by atoms with Gasteiger partial charge in [-0.25, -0.2) is 4.98 Å². The molecule has 0 fully saturated rings. The van der Waals surface area contributed by atoms with Crippen LogP contribution >= 0.6 is 23.2 Å². The van der Waals surface area contributed by atoms with Gasteiger partial charge in [0.25, 0.3) is 0 Å². The van der Waals surface area contributed by atoms with Crippen molar-refractivity contribution in [1.29, 1.82) is 0 Å². The molecule has 0 amide bonds. The van der Waals surface area contributed by atoms with Gasteiger partial charge in [-0.3, -0.25) is 10.1 Å². The molecule has 0 saturated heterocycles. The first-order valence-corrected chi connectivity index (χ1v) is 7.01. The third-order valence-electron chi connectivity index (χ3n) is 3.02. The van der Waals surface area contributed by atoms with Crippen molar-refractivity contribution in [3.05, 3.63) is 52.3 Å². The van der Waals surface area contributed by atoms with E-state index in [1.807, 2.05) is 0 Å². The van der Waals surface area contributed by atoms with E-state index in [-0.39, 0.29) is 27.3 Å². The Morgan fingerprint density at radius 2 is 1.74 bits per heavy atom. The molecule has 0 atom stereocenters. The van der Waals surface area contributed by atoms with Gasteiger partial charge in [-0.15, -0.1) is 0 Å². The van der Waals surface area contributed by atoms with Gasteiger partial charge in [0.1, 0.15) is 0 Å². The lowest BCUT2D eigenvalue weighted by atomic mass is 10.1. The summed E-state index contributed by atoms with van der Waals surface area (Å²) in [4.78, 5) is 7.99. The number of nitrogens with one attached hydrogen (secondary N) is 1. The molecule has 1 N–H and O–H groups in total. The van der Waals surface area contributed by atoms with Crippen molar-refractivity contribution in [1.82, 2.24) is 20.2 Å². The molecule has 0 saturated carbocycles. The number of aromatic amines is 1. The van der Waals surface area contributed by atoms with E-state index < -0.39 is 11.7 Å². The van der Waals surface area contributed by atoms with E-state index in [9.17, 15) is 13.2 Å². The Kier molecular flexibility index (Phi) is 3.99. The second-order valence-electron chi connectivity index (χ2n) is 4.56. The Labute approximate surface area is 138 Å². The van der Waals surface area contributed by atoms with Gasteiger partial charge in [0, 0.05) is 18.0 Å². The molecule has 9 heteroatoms. The second-order valence-corrected chi connectivity index (χ2v) is 5.38. The van der Waals surface area contributed by atoms with E-state index in [0.29, 0.717) is 5.56 Å². The predicted molar refractivity (Wildman–Crippen MR) is 80.1 cm³/mol. The van der Waals surface area contributed by atoms with Gasteiger partial charge in [0.15, 0.2) is 11.6 Å². The first-order valence-electron chi connectivity index (χ1n) is 6.25. The molecule has 3 rings (SSSR count). The first kappa shape index (κ1) is 15.8. The van der Waals surface area contributed by atoms with Crippen molar-refractivity contribution in [2.45, 2.75) is 6.18 Å². The van der Waals surface area contributed by atoms with Crippen LogP contribution < -0.4 is 0 Å². The molecular weight excluding hydrogens is 352 g/mol. The largest absolute Gasteiger partial charge is 0.416 e. The number of nitrogens with zero attached hydrogens (tertiary/aromatic N) is 3. The summed E-state index contributed by atoms with van der Waals surface area (Å²) < 4.78 is 38.3. The molecule has 2 heterocycles. The van der Waals surface area contributed by atoms with Crippen LogP contribution in [-0.2, 0) is 6.18 Å². The van der Waals surface area contributed by atoms with E-state index >= 15 is 0 Å². The van der Waals surface area contributed by atoms with Gasteiger partial charge >= 0.3 is 6.18 Å². The minimum absolute atomic E-state index is 0.107. The monoisotopic (exact) mass is 358 g/mol. The molecule has 23 heavy (non-hydrogen) atoms. The maximum Gasteiger partial charge on any atom is 0.416 e. The molecule has 0 radical (unpaired) electrons. The first-order chi connectivity index (χ1) is 10.9. The lowest BCUT2D eigenvalue weighted by molar-refractivity contribution is -0.137. The molecule has 0 aliphatic heterocycles. The van der Waals surface area contributed by atoms with Crippen LogP contribution in [0, 0.1) is 0 Å². The highest BCUT2D eigenvalue weighted by molar-refractivity contribution is 6.38. The second kappa shape index (κ2) is 5.82. The Morgan fingerprint density at radius 1 is 1.04 bits per heavy atom. The number of aromatic nitrogens is 4. The number of rotatable bonds is 2. The summed E-state index contributed by atoms with van der Waals surface area (Å²) in [7, 11) is 0. The van der Waals surface area contributed by atoms with Crippen LogP contribution in [0.2, 0.25) is 10.0 Å². The van der Waals surface area contributed by atoms with Crippen LogP contribution in [0.15, 0.2) is 36.7 Å². The SMILES string of the molecule is FC(F)(F)c1cccc(-c2n[nH]c(-c3c(Cl)cncc3Cl)n2)c1. The number of hydrogen-bond acceptors (Lipinski definition) is 3. The van der Waals surface area contributed by atoms with Crippen LogP contribution in [0.25, 0.3) is 22.8 Å². The summed E-state index contributed by atoms with van der Waals surface area (Å²) in [6, 6.07) is 4.73. The minimum Gasteiger partial charge on any atom is -0.262 e. The Morgan fingerprint density at radius 3 is 2.39 bits per heavy atom. The minimum atomic E-state index is -4.44. The van der Waals surface area contributed by atoms with Crippen molar-refractivity contribution in [3.8, 4) is 22.8 Å². The van der Waals surface area contributed by atoms with Gasteiger partial charge in [0.2, 0.25) is 0 Å². The van der Waals surface area contributed by atoms with E-state index in [1.165, 1.54) is 24.5 Å². The molecule has 1 aromatic carbocycles. The van der Waals surface area contributed by atoms with Gasteiger partial charge in [-0.05, 0) is 12.1 Å². The third kappa shape index (κ3) is 3.16. The van der Waals surface area contributed by atoms with E-state index in [1.54, 1.807) is 0 Å². The highest BCUT2D eigenvalue weighted by atomic mass is 35.5. The van der Waals surface area contributed by atoms with Crippen molar-refractivity contribution in [3.63, 3.8) is 0 Å². The predicted octanol–water partition coefficient (Wildman–Crippen LogP) is 4.86. The molecule has 3 aromatic rings. The zero-order valence-electron chi connectivity index (χ0n) is 11.2. The summed E-state index contributed by atoms with van der Waals surface area (Å²) in [5.74, 6) is 0.352. The standard InChI is InChI=1S/C14H7Cl2F3N4/c15-9-5-20-6-10(16)11(9)13-21-12(22-23-13)7-2-1-3-8(4-7)14(17,18)19/h1-6H,(H,21,22,23). The van der Waals surface area contributed by atoms with Gasteiger partial charge in [0.05, 0.1) is 21.2 Å². The molecular formula is C14H7Cl2F3N4. The average Bonchev–Trinajstić information content (AvgIpc) is 2.96. The van der Waals surface area contributed by atoms with E-state index in [0.717, 1.165) is 12.1 Å². The van der Waals surface area contributed by atoms with Crippen molar-refractivity contribution in [2.75, 3.05) is 0 Å². The fourth-order valence-corrected chi connectivity index (χ4v) is 2.52. The lowest BCUT2D eigenvalue weighted by Crippen LogP contribution is -2.04. The maximum absolute atomic E-state index is 12.8. The molecule has 4 nitrogen and oxygen atoms in total. The van der Waals surface area contributed by atoms with Crippen LogP contribution in [0.3, 0.4) is 0 Å². The zero-order chi connectivity index (χ0) is 16.6. The highest BCUT2D eigenvalue weighted by Crippen LogP contribution is 2.34. The fourth-order valence-electron chi connectivity index (χ4n) is 1.97. The summed E-state index contributed by atoms with van der Waals surface area (Å²) in [6.45, 7) is 0.